The molecule has 3 unspecified atom stereocenters. The average molecular weight is 265 g/mol. The number of benzene rings is 1. The van der Waals surface area contributed by atoms with Crippen molar-refractivity contribution in [2.24, 2.45) is 5.41 Å². The number of nitrogens with one attached hydrogen (secondary N) is 1. The number of hydrogen-bond acceptors (Lipinski definition) is 2. The molecule has 0 aliphatic carbocycles. The van der Waals surface area contributed by atoms with Gasteiger partial charge in [-0.2, -0.15) is 0 Å². The zero-order valence-corrected chi connectivity index (χ0v) is 12.2. The van der Waals surface area contributed by atoms with Crippen LogP contribution in [0.15, 0.2) is 24.3 Å². The van der Waals surface area contributed by atoms with Crippen molar-refractivity contribution in [3.63, 3.8) is 0 Å². The van der Waals surface area contributed by atoms with Crippen molar-refractivity contribution in [3.05, 3.63) is 35.6 Å². The highest BCUT2D eigenvalue weighted by atomic mass is 19.1. The molecule has 1 N–H and O–H groups in total. The summed E-state index contributed by atoms with van der Waals surface area (Å²) in [4.78, 5) is 0. The Morgan fingerprint density at radius 1 is 1.21 bits per heavy atom. The molecule has 0 amide bonds. The molecule has 1 aliphatic rings. The lowest BCUT2D eigenvalue weighted by atomic mass is 9.84. The lowest BCUT2D eigenvalue weighted by molar-refractivity contribution is 0.0460. The molecule has 1 aliphatic heterocycles. The van der Waals surface area contributed by atoms with Crippen LogP contribution in [0, 0.1) is 11.2 Å². The first-order valence-corrected chi connectivity index (χ1v) is 7.01. The lowest BCUT2D eigenvalue weighted by Gasteiger charge is -2.33. The smallest absolute Gasteiger partial charge is 0.123 e. The molecule has 0 bridgehead atoms. The van der Waals surface area contributed by atoms with Gasteiger partial charge in [0.25, 0.3) is 0 Å². The second kappa shape index (κ2) is 5.59. The molecule has 1 aromatic rings. The summed E-state index contributed by atoms with van der Waals surface area (Å²) in [5.74, 6) is -0.203. The van der Waals surface area contributed by atoms with Crippen LogP contribution in [0.25, 0.3) is 0 Å². The number of hydrogen-bond donors (Lipinski definition) is 1. The van der Waals surface area contributed by atoms with Crippen molar-refractivity contribution in [2.75, 3.05) is 6.61 Å². The normalized spacial score (nSPS) is 29.0. The fourth-order valence-electron chi connectivity index (χ4n) is 2.67. The minimum atomic E-state index is -0.203. The Labute approximate surface area is 115 Å². The van der Waals surface area contributed by atoms with Gasteiger partial charge in [0, 0.05) is 18.7 Å². The summed E-state index contributed by atoms with van der Waals surface area (Å²) in [6, 6.07) is 7.28. The van der Waals surface area contributed by atoms with Crippen LogP contribution in [0.2, 0.25) is 0 Å². The van der Waals surface area contributed by atoms with Crippen LogP contribution in [-0.2, 0) is 4.74 Å². The first kappa shape index (κ1) is 14.5. The van der Waals surface area contributed by atoms with E-state index in [2.05, 4.69) is 33.0 Å². The van der Waals surface area contributed by atoms with Crippen LogP contribution in [-0.4, -0.2) is 18.7 Å². The Kier molecular flexibility index (Phi) is 4.26. The van der Waals surface area contributed by atoms with E-state index in [1.807, 2.05) is 12.1 Å². The van der Waals surface area contributed by atoms with Crippen molar-refractivity contribution < 1.29 is 9.13 Å². The van der Waals surface area contributed by atoms with Gasteiger partial charge in [0.1, 0.15) is 5.82 Å². The Morgan fingerprint density at radius 3 is 2.42 bits per heavy atom. The summed E-state index contributed by atoms with van der Waals surface area (Å²) in [7, 11) is 0. The van der Waals surface area contributed by atoms with E-state index in [0.29, 0.717) is 6.04 Å². The quantitative estimate of drug-likeness (QED) is 0.836. The van der Waals surface area contributed by atoms with Gasteiger partial charge in [0.2, 0.25) is 0 Å². The topological polar surface area (TPSA) is 21.3 Å². The second-order valence-electron chi connectivity index (χ2n) is 6.51. The molecule has 3 heteroatoms. The van der Waals surface area contributed by atoms with E-state index in [0.717, 1.165) is 18.6 Å². The van der Waals surface area contributed by atoms with Gasteiger partial charge in [0.15, 0.2) is 0 Å². The van der Waals surface area contributed by atoms with E-state index < -0.39 is 0 Å². The Balaban J connectivity index is 2.13. The molecule has 0 spiro atoms. The third kappa shape index (κ3) is 3.54. The van der Waals surface area contributed by atoms with E-state index in [1.165, 1.54) is 12.1 Å². The number of rotatable bonds is 1. The lowest BCUT2D eigenvalue weighted by Crippen LogP contribution is -2.45. The molecule has 0 aromatic heterocycles. The number of halogens is 1. The molecular formula is C16H24FNO. The summed E-state index contributed by atoms with van der Waals surface area (Å²) >= 11 is 0. The van der Waals surface area contributed by atoms with Gasteiger partial charge in [-0.1, -0.05) is 32.9 Å². The summed E-state index contributed by atoms with van der Waals surface area (Å²) in [5, 5.41) is 3.66. The molecule has 0 saturated carbocycles. The summed E-state index contributed by atoms with van der Waals surface area (Å²) in [6.45, 7) is 9.61. The van der Waals surface area contributed by atoms with Crippen LogP contribution < -0.4 is 5.32 Å². The summed E-state index contributed by atoms with van der Waals surface area (Å²) in [5.41, 5.74) is 1.26. The van der Waals surface area contributed by atoms with Crippen molar-refractivity contribution in [1.82, 2.24) is 5.32 Å². The Hall–Kier alpha value is -0.930. The molecule has 1 aromatic carbocycles. The first-order chi connectivity index (χ1) is 8.88. The molecule has 2 rings (SSSR count). The fourth-order valence-corrected chi connectivity index (χ4v) is 2.67. The predicted molar refractivity (Wildman–Crippen MR) is 75.6 cm³/mol. The maximum Gasteiger partial charge on any atom is 0.123 e. The highest BCUT2D eigenvalue weighted by Gasteiger charge is 2.32. The van der Waals surface area contributed by atoms with Crippen LogP contribution in [0.3, 0.4) is 0 Å². The predicted octanol–water partition coefficient (Wildman–Crippen LogP) is 3.68. The van der Waals surface area contributed by atoms with Crippen LogP contribution in [0.1, 0.15) is 45.8 Å². The summed E-state index contributed by atoms with van der Waals surface area (Å²) < 4.78 is 19.0. The third-order valence-electron chi connectivity index (χ3n) is 3.87. The summed E-state index contributed by atoms with van der Waals surface area (Å²) in [6.07, 6.45) is 0.999. The highest BCUT2D eigenvalue weighted by molar-refractivity contribution is 5.20. The van der Waals surface area contributed by atoms with Gasteiger partial charge in [-0.25, -0.2) is 4.39 Å². The Morgan fingerprint density at radius 2 is 1.84 bits per heavy atom. The maximum atomic E-state index is 13.0. The first-order valence-electron chi connectivity index (χ1n) is 7.01. The van der Waals surface area contributed by atoms with Crippen LogP contribution in [0.5, 0.6) is 0 Å². The number of ether oxygens (including phenoxy) is 1. The highest BCUT2D eigenvalue weighted by Crippen LogP contribution is 2.30. The van der Waals surface area contributed by atoms with Crippen molar-refractivity contribution in [3.8, 4) is 0 Å². The molecule has 106 valence electrons. The molecular weight excluding hydrogens is 241 g/mol. The molecule has 3 atom stereocenters. The minimum Gasteiger partial charge on any atom is -0.372 e. The van der Waals surface area contributed by atoms with Gasteiger partial charge in [-0.3, -0.25) is 0 Å². The Bertz CT molecular complexity index is 410. The SMILES string of the molecule is CC1NC(C(C)(C)C)CCOC1c1ccc(F)cc1. The molecule has 19 heavy (non-hydrogen) atoms. The monoisotopic (exact) mass is 265 g/mol. The van der Waals surface area contributed by atoms with E-state index in [4.69, 9.17) is 4.74 Å². The van der Waals surface area contributed by atoms with Crippen molar-refractivity contribution in [2.45, 2.75) is 52.3 Å². The van der Waals surface area contributed by atoms with Gasteiger partial charge in [-0.15, -0.1) is 0 Å². The van der Waals surface area contributed by atoms with Crippen molar-refractivity contribution >= 4 is 0 Å². The van der Waals surface area contributed by atoms with Gasteiger partial charge in [-0.05, 0) is 36.5 Å². The van der Waals surface area contributed by atoms with Gasteiger partial charge in [0.05, 0.1) is 6.10 Å². The van der Waals surface area contributed by atoms with Gasteiger partial charge >= 0.3 is 0 Å². The molecule has 1 heterocycles. The van der Waals surface area contributed by atoms with E-state index in [9.17, 15) is 4.39 Å². The standard InChI is InChI=1S/C16H24FNO/c1-11-15(12-5-7-13(17)8-6-12)19-10-9-14(18-11)16(2,3)4/h5-8,11,14-15,18H,9-10H2,1-4H3. The second-order valence-corrected chi connectivity index (χ2v) is 6.51. The fraction of sp³-hybridized carbons (Fsp3) is 0.625. The minimum absolute atomic E-state index is 0.00653. The van der Waals surface area contributed by atoms with Crippen molar-refractivity contribution in [1.29, 1.82) is 0 Å². The average Bonchev–Trinajstić information content (AvgIpc) is 2.52. The van der Waals surface area contributed by atoms with Crippen LogP contribution in [0.4, 0.5) is 4.39 Å². The van der Waals surface area contributed by atoms with E-state index >= 15 is 0 Å². The largest absolute Gasteiger partial charge is 0.372 e. The zero-order chi connectivity index (χ0) is 14.0. The van der Waals surface area contributed by atoms with Gasteiger partial charge < -0.3 is 10.1 Å². The molecule has 1 fully saturated rings. The van der Waals surface area contributed by atoms with Crippen LogP contribution >= 0.6 is 0 Å². The third-order valence-corrected chi connectivity index (χ3v) is 3.87. The van der Waals surface area contributed by atoms with E-state index in [-0.39, 0.29) is 23.4 Å². The molecule has 2 nitrogen and oxygen atoms in total. The van der Waals surface area contributed by atoms with E-state index in [1.54, 1.807) is 0 Å². The molecule has 0 radical (unpaired) electrons. The maximum absolute atomic E-state index is 13.0. The zero-order valence-electron chi connectivity index (χ0n) is 12.2. The molecule has 1 saturated heterocycles.